The number of carbonyl (C=O) groups excluding carboxylic acids is 3. The van der Waals surface area contributed by atoms with E-state index in [1.54, 1.807) is 25.7 Å². The van der Waals surface area contributed by atoms with Crippen LogP contribution in [0.5, 0.6) is 0 Å². The van der Waals surface area contributed by atoms with Crippen LogP contribution in [0.15, 0.2) is 54.6 Å². The molecule has 0 aliphatic heterocycles. The molecule has 39 heavy (non-hydrogen) atoms. The van der Waals surface area contributed by atoms with Gasteiger partial charge in [0, 0.05) is 12.1 Å². The minimum Gasteiger partial charge on any atom is -0.444 e. The molecule has 3 atom stereocenters. The quantitative estimate of drug-likeness (QED) is 0.379. The van der Waals surface area contributed by atoms with Crippen LogP contribution >= 0.6 is 0 Å². The van der Waals surface area contributed by atoms with Gasteiger partial charge in [0.05, 0.1) is 0 Å². The number of aryl methyl sites for hydroxylation is 1. The van der Waals surface area contributed by atoms with Crippen molar-refractivity contribution in [2.75, 3.05) is 0 Å². The first-order valence-corrected chi connectivity index (χ1v) is 13.9. The Bertz CT molecular complexity index is 1090. The molecule has 214 valence electrons. The molecule has 0 radical (unpaired) electrons. The number of hydrogen-bond acceptors (Lipinski definition) is 4. The summed E-state index contributed by atoms with van der Waals surface area (Å²) in [5.41, 5.74) is 1.36. The van der Waals surface area contributed by atoms with Crippen molar-refractivity contribution in [3.05, 3.63) is 71.3 Å². The van der Waals surface area contributed by atoms with Gasteiger partial charge in [-0.3, -0.25) is 9.59 Å². The molecular formula is C32H47N3O4. The Morgan fingerprint density at radius 2 is 1.46 bits per heavy atom. The van der Waals surface area contributed by atoms with E-state index in [1.807, 2.05) is 89.2 Å². The van der Waals surface area contributed by atoms with Crippen LogP contribution in [-0.4, -0.2) is 40.0 Å². The topological polar surface area (TPSA) is 87.7 Å². The summed E-state index contributed by atoms with van der Waals surface area (Å²) in [6.07, 6.45) is 0.857. The highest BCUT2D eigenvalue weighted by molar-refractivity contribution is 5.92. The van der Waals surface area contributed by atoms with E-state index in [0.29, 0.717) is 18.5 Å². The highest BCUT2D eigenvalue weighted by atomic mass is 16.6. The molecule has 0 saturated heterocycles. The van der Waals surface area contributed by atoms with Gasteiger partial charge in [0.15, 0.2) is 0 Å². The smallest absolute Gasteiger partial charge is 0.408 e. The van der Waals surface area contributed by atoms with Crippen LogP contribution in [-0.2, 0) is 27.3 Å². The third kappa shape index (κ3) is 9.41. The molecule has 2 aromatic carbocycles. The number of ether oxygens (including phenoxy) is 1. The summed E-state index contributed by atoms with van der Waals surface area (Å²) in [7, 11) is 0. The number of alkyl carbamates (subject to hydrolysis) is 1. The van der Waals surface area contributed by atoms with Crippen molar-refractivity contribution >= 4 is 17.9 Å². The van der Waals surface area contributed by atoms with E-state index in [1.165, 1.54) is 0 Å². The molecular weight excluding hydrogens is 490 g/mol. The number of rotatable bonds is 10. The number of benzene rings is 2. The van der Waals surface area contributed by atoms with Gasteiger partial charge < -0.3 is 20.3 Å². The Labute approximate surface area is 234 Å². The standard InChI is InChI=1S/C32H47N3O4/c1-10-22(3)26(34-30(38)39-32(7,8)9)29(37)35(31(4,5)6)27(25-19-17-23(11-2)18-20-25)28(36)33-21-24-15-13-12-14-16-24/h12-20,22,26-27H,10-11,21H2,1-9H3,(H,33,36)(H,34,38). The normalized spacial score (nSPS) is 14.1. The molecule has 0 heterocycles. The molecule has 0 spiro atoms. The molecule has 7 heteroatoms. The number of amides is 3. The van der Waals surface area contributed by atoms with E-state index in [9.17, 15) is 14.4 Å². The molecule has 3 amide bonds. The zero-order chi connectivity index (χ0) is 29.4. The second-order valence-electron chi connectivity index (χ2n) is 12.1. The zero-order valence-corrected chi connectivity index (χ0v) is 25.1. The Kier molecular flexibility index (Phi) is 11.1. The Balaban J connectivity index is 2.54. The monoisotopic (exact) mass is 537 g/mol. The minimum absolute atomic E-state index is 0.189. The molecule has 0 fully saturated rings. The SMILES string of the molecule is CCc1ccc(C(C(=O)NCc2ccccc2)N(C(=O)C(NC(=O)OC(C)(C)C)C(C)CC)C(C)(C)C)cc1. The molecule has 0 saturated carbocycles. The van der Waals surface area contributed by atoms with Crippen LogP contribution in [0.2, 0.25) is 0 Å². The summed E-state index contributed by atoms with van der Waals surface area (Å²) >= 11 is 0. The summed E-state index contributed by atoms with van der Waals surface area (Å²) in [6.45, 7) is 17.3. The van der Waals surface area contributed by atoms with Crippen molar-refractivity contribution in [2.45, 2.75) is 105 Å². The Morgan fingerprint density at radius 1 is 0.872 bits per heavy atom. The van der Waals surface area contributed by atoms with Crippen molar-refractivity contribution in [2.24, 2.45) is 5.92 Å². The number of carbonyl (C=O) groups is 3. The number of hydrogen-bond donors (Lipinski definition) is 2. The maximum absolute atomic E-state index is 14.4. The molecule has 2 aromatic rings. The Hall–Kier alpha value is -3.35. The average Bonchev–Trinajstić information content (AvgIpc) is 2.87. The fourth-order valence-electron chi connectivity index (χ4n) is 4.35. The van der Waals surface area contributed by atoms with Gasteiger partial charge in [-0.05, 0) is 70.6 Å². The number of nitrogens with zero attached hydrogens (tertiary/aromatic N) is 1. The van der Waals surface area contributed by atoms with Gasteiger partial charge in [-0.2, -0.15) is 0 Å². The average molecular weight is 538 g/mol. The lowest BCUT2D eigenvalue weighted by Crippen LogP contribution is -2.60. The van der Waals surface area contributed by atoms with E-state index in [4.69, 9.17) is 4.74 Å². The van der Waals surface area contributed by atoms with Gasteiger partial charge in [0.25, 0.3) is 0 Å². The molecule has 3 unspecified atom stereocenters. The van der Waals surface area contributed by atoms with Crippen molar-refractivity contribution in [1.82, 2.24) is 15.5 Å². The lowest BCUT2D eigenvalue weighted by molar-refractivity contribution is -0.149. The highest BCUT2D eigenvalue weighted by Gasteiger charge is 2.43. The fraction of sp³-hybridized carbons (Fsp3) is 0.531. The first kappa shape index (κ1) is 31.9. The van der Waals surface area contributed by atoms with E-state index < -0.39 is 29.3 Å². The van der Waals surface area contributed by atoms with Gasteiger partial charge in [0.2, 0.25) is 11.8 Å². The summed E-state index contributed by atoms with van der Waals surface area (Å²) in [4.78, 5) is 42.7. The maximum Gasteiger partial charge on any atom is 0.408 e. The van der Waals surface area contributed by atoms with Crippen LogP contribution < -0.4 is 10.6 Å². The van der Waals surface area contributed by atoms with Crippen LogP contribution in [0.3, 0.4) is 0 Å². The van der Waals surface area contributed by atoms with Crippen LogP contribution in [0, 0.1) is 5.92 Å². The zero-order valence-electron chi connectivity index (χ0n) is 25.1. The summed E-state index contributed by atoms with van der Waals surface area (Å²) < 4.78 is 5.48. The third-order valence-electron chi connectivity index (χ3n) is 6.63. The largest absolute Gasteiger partial charge is 0.444 e. The first-order valence-electron chi connectivity index (χ1n) is 13.9. The molecule has 2 rings (SSSR count). The molecule has 0 aliphatic carbocycles. The molecule has 0 bridgehead atoms. The fourth-order valence-corrected chi connectivity index (χ4v) is 4.35. The van der Waals surface area contributed by atoms with Gasteiger partial charge in [-0.1, -0.05) is 81.8 Å². The Morgan fingerprint density at radius 3 is 1.95 bits per heavy atom. The van der Waals surface area contributed by atoms with E-state index in [0.717, 1.165) is 17.5 Å². The first-order chi connectivity index (χ1) is 18.2. The highest BCUT2D eigenvalue weighted by Crippen LogP contribution is 2.31. The third-order valence-corrected chi connectivity index (χ3v) is 6.63. The van der Waals surface area contributed by atoms with Crippen molar-refractivity contribution in [1.29, 1.82) is 0 Å². The van der Waals surface area contributed by atoms with Gasteiger partial charge in [0.1, 0.15) is 17.7 Å². The molecule has 2 N–H and O–H groups in total. The molecule has 0 aromatic heterocycles. The summed E-state index contributed by atoms with van der Waals surface area (Å²) in [6, 6.07) is 15.7. The number of nitrogens with one attached hydrogen (secondary N) is 2. The summed E-state index contributed by atoms with van der Waals surface area (Å²) in [5, 5.41) is 5.86. The predicted molar refractivity (Wildman–Crippen MR) is 156 cm³/mol. The lowest BCUT2D eigenvalue weighted by atomic mass is 9.91. The molecule has 7 nitrogen and oxygen atoms in total. The van der Waals surface area contributed by atoms with Crippen LogP contribution in [0.25, 0.3) is 0 Å². The lowest BCUT2D eigenvalue weighted by Gasteiger charge is -2.44. The van der Waals surface area contributed by atoms with Gasteiger partial charge in [-0.15, -0.1) is 0 Å². The van der Waals surface area contributed by atoms with Crippen molar-refractivity contribution < 1.29 is 19.1 Å². The maximum atomic E-state index is 14.4. The molecule has 0 aliphatic rings. The van der Waals surface area contributed by atoms with Crippen molar-refractivity contribution in [3.8, 4) is 0 Å². The van der Waals surface area contributed by atoms with E-state index >= 15 is 0 Å². The van der Waals surface area contributed by atoms with Gasteiger partial charge in [-0.25, -0.2) is 4.79 Å². The van der Waals surface area contributed by atoms with E-state index in [-0.39, 0.29) is 17.7 Å². The second kappa shape index (κ2) is 13.6. The minimum atomic E-state index is -0.904. The van der Waals surface area contributed by atoms with Crippen molar-refractivity contribution in [3.63, 3.8) is 0 Å². The van der Waals surface area contributed by atoms with Crippen LogP contribution in [0.4, 0.5) is 4.79 Å². The van der Waals surface area contributed by atoms with Gasteiger partial charge >= 0.3 is 6.09 Å². The summed E-state index contributed by atoms with van der Waals surface area (Å²) in [5.74, 6) is -0.806. The van der Waals surface area contributed by atoms with E-state index in [2.05, 4.69) is 17.6 Å². The second-order valence-corrected chi connectivity index (χ2v) is 12.1. The van der Waals surface area contributed by atoms with Crippen LogP contribution in [0.1, 0.15) is 91.5 Å². The predicted octanol–water partition coefficient (Wildman–Crippen LogP) is 6.17.